The number of nitrogens with two attached hydrogens (primary N) is 1. The first-order valence-corrected chi connectivity index (χ1v) is 13.0. The van der Waals surface area contributed by atoms with Gasteiger partial charge in [-0.15, -0.1) is 0 Å². The molecule has 8 N–H and O–H groups in total. The normalized spacial score (nSPS) is 14.6. The van der Waals surface area contributed by atoms with Gasteiger partial charge in [0.25, 0.3) is 0 Å². The lowest BCUT2D eigenvalue weighted by molar-refractivity contribution is -0.143. The number of aliphatic hydroxyl groups is 1. The molecule has 0 bridgehead atoms. The van der Waals surface area contributed by atoms with Crippen molar-refractivity contribution in [2.45, 2.75) is 50.9 Å². The first-order valence-electron chi connectivity index (χ1n) is 11.6. The third-order valence-electron chi connectivity index (χ3n) is 5.75. The van der Waals surface area contributed by atoms with Gasteiger partial charge in [-0.2, -0.15) is 11.8 Å². The fourth-order valence-electron chi connectivity index (χ4n) is 3.62. The Labute approximate surface area is 214 Å². The van der Waals surface area contributed by atoms with E-state index in [9.17, 15) is 29.4 Å². The van der Waals surface area contributed by atoms with Crippen LogP contribution in [0.2, 0.25) is 0 Å². The number of thioether (sulfide) groups is 1. The molecule has 4 atom stereocenters. The van der Waals surface area contributed by atoms with Crippen molar-refractivity contribution in [1.82, 2.24) is 20.9 Å². The molecule has 0 radical (unpaired) electrons. The molecule has 0 saturated heterocycles. The van der Waals surface area contributed by atoms with Crippen LogP contribution in [0.5, 0.6) is 0 Å². The van der Waals surface area contributed by atoms with E-state index in [0.717, 1.165) is 16.5 Å². The Balaban J connectivity index is 2.26. The standard InChI is InChI=1S/C24H35N5O6S/c1-13(2)20(29-21(31)16(25)8-9-36-3)23(33)27-18(22(32)28-19(12-30)24(34)35)10-14-11-26-17-7-5-4-6-15(14)17/h4-7,11,13,16,18-20,26,30H,8-10,12,25H2,1-3H3,(H,27,33)(H,28,32)(H,29,31)(H,34,35). The Kier molecular flexibility index (Phi) is 11.2. The maximum Gasteiger partial charge on any atom is 0.328 e. The summed E-state index contributed by atoms with van der Waals surface area (Å²) in [5.41, 5.74) is 7.50. The van der Waals surface area contributed by atoms with E-state index in [1.54, 1.807) is 31.8 Å². The van der Waals surface area contributed by atoms with Crippen molar-refractivity contribution in [3.8, 4) is 0 Å². The summed E-state index contributed by atoms with van der Waals surface area (Å²) < 4.78 is 0. The van der Waals surface area contributed by atoms with Crippen LogP contribution in [0, 0.1) is 5.92 Å². The molecule has 3 amide bonds. The largest absolute Gasteiger partial charge is 0.480 e. The van der Waals surface area contributed by atoms with Gasteiger partial charge in [0.15, 0.2) is 0 Å². The van der Waals surface area contributed by atoms with Crippen LogP contribution < -0.4 is 21.7 Å². The maximum absolute atomic E-state index is 13.2. The number of carboxylic acid groups (broad SMARTS) is 1. The van der Waals surface area contributed by atoms with Crippen LogP contribution in [-0.2, 0) is 25.6 Å². The number of carbonyl (C=O) groups is 4. The molecule has 1 aromatic heterocycles. The van der Waals surface area contributed by atoms with Crippen LogP contribution in [0.1, 0.15) is 25.8 Å². The summed E-state index contributed by atoms with van der Waals surface area (Å²) in [7, 11) is 0. The van der Waals surface area contributed by atoms with Gasteiger partial charge < -0.3 is 36.9 Å². The van der Waals surface area contributed by atoms with Crippen LogP contribution in [0.3, 0.4) is 0 Å². The number of aliphatic carboxylic acids is 1. The molecule has 0 spiro atoms. The highest BCUT2D eigenvalue weighted by atomic mass is 32.2. The number of rotatable bonds is 14. The lowest BCUT2D eigenvalue weighted by atomic mass is 10.00. The first-order chi connectivity index (χ1) is 17.1. The third-order valence-corrected chi connectivity index (χ3v) is 6.39. The number of hydrogen-bond donors (Lipinski definition) is 7. The van der Waals surface area contributed by atoms with Crippen LogP contribution >= 0.6 is 11.8 Å². The molecule has 11 nitrogen and oxygen atoms in total. The number of carbonyl (C=O) groups excluding carboxylic acids is 3. The van der Waals surface area contributed by atoms with Gasteiger partial charge >= 0.3 is 5.97 Å². The van der Waals surface area contributed by atoms with Crippen LogP contribution in [0.15, 0.2) is 30.5 Å². The summed E-state index contributed by atoms with van der Waals surface area (Å²) in [6, 6.07) is 2.96. The van der Waals surface area contributed by atoms with Crippen molar-refractivity contribution in [3.05, 3.63) is 36.0 Å². The van der Waals surface area contributed by atoms with Crippen molar-refractivity contribution >= 4 is 46.4 Å². The van der Waals surface area contributed by atoms with Crippen LogP contribution in [0.25, 0.3) is 10.9 Å². The topological polar surface area (TPSA) is 187 Å². The highest BCUT2D eigenvalue weighted by Crippen LogP contribution is 2.19. The number of H-pyrrole nitrogens is 1. The van der Waals surface area contributed by atoms with Gasteiger partial charge in [0, 0.05) is 23.5 Å². The number of para-hydroxylation sites is 1. The minimum atomic E-state index is -1.53. The van der Waals surface area contributed by atoms with E-state index in [2.05, 4.69) is 20.9 Å². The van der Waals surface area contributed by atoms with E-state index in [0.29, 0.717) is 12.2 Å². The number of amides is 3. The summed E-state index contributed by atoms with van der Waals surface area (Å²) in [4.78, 5) is 53.2. The molecular formula is C24H35N5O6S. The number of aliphatic hydroxyl groups excluding tert-OH is 1. The summed E-state index contributed by atoms with van der Waals surface area (Å²) in [5.74, 6) is -2.89. The average Bonchev–Trinajstić information content (AvgIpc) is 3.25. The highest BCUT2D eigenvalue weighted by molar-refractivity contribution is 7.98. The Morgan fingerprint density at radius 2 is 1.69 bits per heavy atom. The SMILES string of the molecule is CSCCC(N)C(=O)NC(C(=O)NC(Cc1c[nH]c2ccccc12)C(=O)NC(CO)C(=O)O)C(C)C. The molecular weight excluding hydrogens is 486 g/mol. The van der Waals surface area contributed by atoms with Gasteiger partial charge in [-0.3, -0.25) is 14.4 Å². The zero-order chi connectivity index (χ0) is 26.8. The predicted molar refractivity (Wildman–Crippen MR) is 138 cm³/mol. The zero-order valence-corrected chi connectivity index (χ0v) is 21.4. The molecule has 1 aromatic carbocycles. The zero-order valence-electron chi connectivity index (χ0n) is 20.6. The van der Waals surface area contributed by atoms with E-state index in [-0.39, 0.29) is 12.3 Å². The number of nitrogens with one attached hydrogen (secondary N) is 4. The second-order valence-electron chi connectivity index (χ2n) is 8.83. The molecule has 2 rings (SSSR count). The minimum absolute atomic E-state index is 0.0470. The van der Waals surface area contributed by atoms with Gasteiger partial charge in [-0.05, 0) is 36.0 Å². The van der Waals surface area contributed by atoms with Crippen molar-refractivity contribution < 1.29 is 29.4 Å². The molecule has 0 aliphatic rings. The highest BCUT2D eigenvalue weighted by Gasteiger charge is 2.32. The summed E-state index contributed by atoms with van der Waals surface area (Å²) in [6.45, 7) is 2.69. The Hall–Kier alpha value is -3.09. The van der Waals surface area contributed by atoms with Crippen molar-refractivity contribution in [3.63, 3.8) is 0 Å². The fourth-order valence-corrected chi connectivity index (χ4v) is 4.11. The van der Waals surface area contributed by atoms with Crippen molar-refractivity contribution in [2.24, 2.45) is 11.7 Å². The summed E-state index contributed by atoms with van der Waals surface area (Å²) in [6.07, 6.45) is 4.11. The fraction of sp³-hybridized carbons (Fsp3) is 0.500. The van der Waals surface area contributed by atoms with Gasteiger partial charge in [-0.25, -0.2) is 4.79 Å². The number of fused-ring (bicyclic) bond motifs is 1. The molecule has 198 valence electrons. The second kappa shape index (κ2) is 13.9. The molecule has 0 aliphatic carbocycles. The number of carboxylic acids is 1. The van der Waals surface area contributed by atoms with Crippen LogP contribution in [-0.4, -0.2) is 81.7 Å². The lowest BCUT2D eigenvalue weighted by Gasteiger charge is -2.27. The molecule has 1 heterocycles. The summed E-state index contributed by atoms with van der Waals surface area (Å²) in [5, 5.41) is 27.0. The van der Waals surface area contributed by atoms with E-state index >= 15 is 0 Å². The van der Waals surface area contributed by atoms with Gasteiger partial charge in [0.2, 0.25) is 17.7 Å². The molecule has 0 fully saturated rings. The summed E-state index contributed by atoms with van der Waals surface area (Å²) >= 11 is 1.56. The van der Waals surface area contributed by atoms with Gasteiger partial charge in [0.05, 0.1) is 12.6 Å². The Bertz CT molecular complexity index is 1060. The van der Waals surface area contributed by atoms with Gasteiger partial charge in [-0.1, -0.05) is 32.0 Å². The monoisotopic (exact) mass is 521 g/mol. The molecule has 0 aliphatic heterocycles. The molecule has 36 heavy (non-hydrogen) atoms. The van der Waals surface area contributed by atoms with Gasteiger partial charge in [0.1, 0.15) is 18.1 Å². The van der Waals surface area contributed by atoms with Crippen molar-refractivity contribution in [1.29, 1.82) is 0 Å². The molecule has 4 unspecified atom stereocenters. The lowest BCUT2D eigenvalue weighted by Crippen LogP contribution is -2.59. The number of hydrogen-bond acceptors (Lipinski definition) is 7. The third kappa shape index (κ3) is 7.97. The maximum atomic E-state index is 13.2. The average molecular weight is 522 g/mol. The smallest absolute Gasteiger partial charge is 0.328 e. The second-order valence-corrected chi connectivity index (χ2v) is 9.81. The Morgan fingerprint density at radius 1 is 1.03 bits per heavy atom. The van der Waals surface area contributed by atoms with E-state index in [4.69, 9.17) is 5.73 Å². The molecule has 2 aromatic rings. The molecule has 12 heteroatoms. The number of aromatic amines is 1. The first kappa shape index (κ1) is 29.1. The van der Waals surface area contributed by atoms with E-state index in [1.165, 1.54) is 0 Å². The quantitative estimate of drug-likeness (QED) is 0.181. The van der Waals surface area contributed by atoms with Crippen LogP contribution in [0.4, 0.5) is 0 Å². The number of aromatic nitrogens is 1. The van der Waals surface area contributed by atoms with E-state index < -0.39 is 54.5 Å². The predicted octanol–water partition coefficient (Wildman–Crippen LogP) is -0.0219. The van der Waals surface area contributed by atoms with Crippen molar-refractivity contribution in [2.75, 3.05) is 18.6 Å². The minimum Gasteiger partial charge on any atom is -0.480 e. The number of benzene rings is 1. The Morgan fingerprint density at radius 3 is 2.31 bits per heavy atom. The van der Waals surface area contributed by atoms with E-state index in [1.807, 2.05) is 30.5 Å². The molecule has 0 saturated carbocycles.